The van der Waals surface area contributed by atoms with Gasteiger partial charge in [0.15, 0.2) is 0 Å². The van der Waals surface area contributed by atoms with Crippen LogP contribution in [0.5, 0.6) is 5.75 Å². The normalized spacial score (nSPS) is 15.8. The van der Waals surface area contributed by atoms with Gasteiger partial charge < -0.3 is 14.8 Å². The lowest BCUT2D eigenvalue weighted by atomic mass is 10.0. The Morgan fingerprint density at radius 2 is 1.89 bits per heavy atom. The van der Waals surface area contributed by atoms with Crippen LogP contribution in [0.15, 0.2) is 48.8 Å². The lowest BCUT2D eigenvalue weighted by Crippen LogP contribution is -2.35. The van der Waals surface area contributed by atoms with E-state index in [2.05, 4.69) is 39.5 Å². The molecule has 7 nitrogen and oxygen atoms in total. The number of ether oxygens (including phenoxy) is 2. The predicted molar refractivity (Wildman–Crippen MR) is 132 cm³/mol. The van der Waals surface area contributed by atoms with Crippen LogP contribution in [-0.2, 0) is 24.2 Å². The quantitative estimate of drug-likeness (QED) is 0.452. The Morgan fingerprint density at radius 1 is 1.06 bits per heavy atom. The summed E-state index contributed by atoms with van der Waals surface area (Å²) < 4.78 is 27.6. The number of hydrogen-bond donors (Lipinski definition) is 1. The second-order valence-corrected chi connectivity index (χ2v) is 9.11. The van der Waals surface area contributed by atoms with Crippen molar-refractivity contribution >= 4 is 11.6 Å². The number of aryl methyl sites for hydroxylation is 1. The van der Waals surface area contributed by atoms with E-state index in [0.29, 0.717) is 24.7 Å². The van der Waals surface area contributed by atoms with E-state index in [-0.39, 0.29) is 5.82 Å². The number of morpholine rings is 1. The van der Waals surface area contributed by atoms with Crippen molar-refractivity contribution in [3.63, 3.8) is 0 Å². The van der Waals surface area contributed by atoms with Gasteiger partial charge in [-0.1, -0.05) is 24.3 Å². The number of hydrogen-bond acceptors (Lipinski definition) is 6. The van der Waals surface area contributed by atoms with Crippen LogP contribution in [0.1, 0.15) is 22.4 Å². The molecule has 0 unspecified atom stereocenters. The monoisotopic (exact) mass is 473 g/mol. The summed E-state index contributed by atoms with van der Waals surface area (Å²) in [5.41, 5.74) is 6.58. The number of rotatable bonds is 6. The zero-order chi connectivity index (χ0) is 23.8. The summed E-state index contributed by atoms with van der Waals surface area (Å²) in [6, 6.07) is 11.8. The van der Waals surface area contributed by atoms with Gasteiger partial charge in [0.2, 0.25) is 5.95 Å². The molecule has 0 spiro atoms. The summed E-state index contributed by atoms with van der Waals surface area (Å²) in [5.74, 6) is 1.17. The molecule has 1 saturated heterocycles. The lowest BCUT2D eigenvalue weighted by Gasteiger charge is -2.26. The highest BCUT2D eigenvalue weighted by Crippen LogP contribution is 2.31. The molecule has 4 aromatic rings. The maximum absolute atomic E-state index is 14.6. The standard InChI is InChI=1S/C27H28FN5O2/c1-18-16-33-26(31-18)22(20-4-2-19(3-5-20)17-32-9-12-34-13-10-32)14-29-27(33)30-15-23-21-8-11-35-25(21)7-6-24(23)28/h2-7,14,16H,8-13,15,17H2,1H3,(H,29,30). The van der Waals surface area contributed by atoms with E-state index in [9.17, 15) is 4.39 Å². The van der Waals surface area contributed by atoms with Crippen molar-refractivity contribution in [2.24, 2.45) is 0 Å². The Labute approximate surface area is 203 Å². The highest BCUT2D eigenvalue weighted by atomic mass is 19.1. The molecule has 35 heavy (non-hydrogen) atoms. The summed E-state index contributed by atoms with van der Waals surface area (Å²) in [5, 5.41) is 3.32. The molecule has 1 fully saturated rings. The number of anilines is 1. The molecular weight excluding hydrogens is 445 g/mol. The molecular formula is C27H28FN5O2. The van der Waals surface area contributed by atoms with Gasteiger partial charge in [-0.2, -0.15) is 0 Å². The predicted octanol–water partition coefficient (Wildman–Crippen LogP) is 4.22. The van der Waals surface area contributed by atoms with E-state index in [1.54, 1.807) is 6.07 Å². The van der Waals surface area contributed by atoms with Crippen LogP contribution in [0.2, 0.25) is 0 Å². The van der Waals surface area contributed by atoms with Crippen LogP contribution in [-0.4, -0.2) is 52.2 Å². The van der Waals surface area contributed by atoms with Crippen molar-refractivity contribution in [1.82, 2.24) is 19.3 Å². The number of halogens is 1. The Bertz CT molecular complexity index is 1360. The van der Waals surface area contributed by atoms with Gasteiger partial charge in [-0.05, 0) is 30.2 Å². The topological polar surface area (TPSA) is 63.9 Å². The van der Waals surface area contributed by atoms with E-state index in [4.69, 9.17) is 14.5 Å². The molecule has 180 valence electrons. The first kappa shape index (κ1) is 22.0. The molecule has 1 N–H and O–H groups in total. The van der Waals surface area contributed by atoms with Gasteiger partial charge >= 0.3 is 0 Å². The first-order chi connectivity index (χ1) is 17.2. The van der Waals surface area contributed by atoms with Crippen LogP contribution >= 0.6 is 0 Å². The fraction of sp³-hybridized carbons (Fsp3) is 0.333. The van der Waals surface area contributed by atoms with Crippen molar-refractivity contribution in [3.05, 3.63) is 77.0 Å². The van der Waals surface area contributed by atoms with E-state index < -0.39 is 0 Å². The van der Waals surface area contributed by atoms with E-state index in [1.165, 1.54) is 11.6 Å². The average Bonchev–Trinajstić information content (AvgIpc) is 3.51. The van der Waals surface area contributed by atoms with E-state index in [1.807, 2.05) is 23.7 Å². The van der Waals surface area contributed by atoms with Crippen molar-refractivity contribution in [2.45, 2.75) is 26.4 Å². The number of benzene rings is 2. The summed E-state index contributed by atoms with van der Waals surface area (Å²) >= 11 is 0. The molecule has 2 aromatic heterocycles. The first-order valence-corrected chi connectivity index (χ1v) is 12.1. The molecule has 2 aromatic carbocycles. The molecule has 0 atom stereocenters. The minimum atomic E-state index is -0.228. The number of aromatic nitrogens is 3. The Kier molecular flexibility index (Phi) is 5.83. The molecule has 0 bridgehead atoms. The fourth-order valence-corrected chi connectivity index (χ4v) is 4.91. The third kappa shape index (κ3) is 4.35. The second kappa shape index (κ2) is 9.28. The summed E-state index contributed by atoms with van der Waals surface area (Å²) in [7, 11) is 0. The Balaban J connectivity index is 1.25. The average molecular weight is 474 g/mol. The summed E-state index contributed by atoms with van der Waals surface area (Å²) in [6.07, 6.45) is 4.52. The van der Waals surface area contributed by atoms with Gasteiger partial charge in [0, 0.05) is 61.7 Å². The minimum absolute atomic E-state index is 0.228. The van der Waals surface area contributed by atoms with E-state index >= 15 is 0 Å². The largest absolute Gasteiger partial charge is 0.493 e. The van der Waals surface area contributed by atoms with Crippen LogP contribution in [0.3, 0.4) is 0 Å². The molecule has 0 saturated carbocycles. The smallest absolute Gasteiger partial charge is 0.208 e. The van der Waals surface area contributed by atoms with Crippen LogP contribution in [0.25, 0.3) is 16.8 Å². The molecule has 2 aliphatic heterocycles. The lowest BCUT2D eigenvalue weighted by molar-refractivity contribution is 0.0342. The Morgan fingerprint density at radius 3 is 2.71 bits per heavy atom. The zero-order valence-corrected chi connectivity index (χ0v) is 19.8. The molecule has 8 heteroatoms. The molecule has 2 aliphatic rings. The van der Waals surface area contributed by atoms with Crippen LogP contribution < -0.4 is 10.1 Å². The van der Waals surface area contributed by atoms with Gasteiger partial charge in [0.25, 0.3) is 0 Å². The second-order valence-electron chi connectivity index (χ2n) is 9.11. The van der Waals surface area contributed by atoms with E-state index in [0.717, 1.165) is 73.0 Å². The molecule has 6 rings (SSSR count). The van der Waals surface area contributed by atoms with Gasteiger partial charge in [-0.15, -0.1) is 0 Å². The number of fused-ring (bicyclic) bond motifs is 2. The zero-order valence-electron chi connectivity index (χ0n) is 19.8. The van der Waals surface area contributed by atoms with Crippen molar-refractivity contribution in [3.8, 4) is 16.9 Å². The third-order valence-corrected chi connectivity index (χ3v) is 6.75. The van der Waals surface area contributed by atoms with Gasteiger partial charge in [0.1, 0.15) is 17.2 Å². The SMILES string of the molecule is Cc1cn2c(NCc3c(F)ccc4c3CCO4)ncc(-c3ccc(CN4CCOCC4)cc3)c2n1. The maximum Gasteiger partial charge on any atom is 0.208 e. The van der Waals surface area contributed by atoms with Gasteiger partial charge in [0.05, 0.1) is 25.5 Å². The summed E-state index contributed by atoms with van der Waals surface area (Å²) in [6.45, 7) is 7.35. The number of nitrogens with zero attached hydrogens (tertiary/aromatic N) is 4. The number of nitrogens with one attached hydrogen (secondary N) is 1. The van der Waals surface area contributed by atoms with Crippen LogP contribution in [0.4, 0.5) is 10.3 Å². The van der Waals surface area contributed by atoms with Crippen LogP contribution in [0, 0.1) is 12.7 Å². The van der Waals surface area contributed by atoms with Gasteiger partial charge in [-0.25, -0.2) is 14.4 Å². The highest BCUT2D eigenvalue weighted by molar-refractivity contribution is 5.78. The third-order valence-electron chi connectivity index (χ3n) is 6.75. The molecule has 4 heterocycles. The Hall–Kier alpha value is -3.49. The number of imidazole rings is 1. The van der Waals surface area contributed by atoms with Gasteiger partial charge in [-0.3, -0.25) is 9.30 Å². The highest BCUT2D eigenvalue weighted by Gasteiger charge is 2.20. The summed E-state index contributed by atoms with van der Waals surface area (Å²) in [4.78, 5) is 11.9. The van der Waals surface area contributed by atoms with Crippen molar-refractivity contribution < 1.29 is 13.9 Å². The molecule has 0 radical (unpaired) electrons. The van der Waals surface area contributed by atoms with Crippen molar-refractivity contribution in [1.29, 1.82) is 0 Å². The molecule has 0 aliphatic carbocycles. The van der Waals surface area contributed by atoms with Crippen molar-refractivity contribution in [2.75, 3.05) is 38.2 Å². The maximum atomic E-state index is 14.6. The molecule has 0 amide bonds. The minimum Gasteiger partial charge on any atom is -0.493 e. The fourth-order valence-electron chi connectivity index (χ4n) is 4.91. The first-order valence-electron chi connectivity index (χ1n) is 12.1.